The van der Waals surface area contributed by atoms with Gasteiger partial charge in [0.15, 0.2) is 0 Å². The quantitative estimate of drug-likeness (QED) is 0.649. The fourth-order valence-electron chi connectivity index (χ4n) is 0.569. The molecule has 0 radical (unpaired) electrons. The zero-order valence-electron chi connectivity index (χ0n) is 10.9. The van der Waals surface area contributed by atoms with Gasteiger partial charge in [0.1, 0.15) is 13.5 Å². The Hall–Kier alpha value is -1.14. The van der Waals surface area contributed by atoms with E-state index in [0.717, 1.165) is 0 Å². The molecule has 2 amide bonds. The second-order valence-corrected chi connectivity index (χ2v) is 3.27. The lowest BCUT2D eigenvalue weighted by molar-refractivity contribution is -0.132. The molecule has 0 N–H and O–H groups in total. The van der Waals surface area contributed by atoms with Crippen molar-refractivity contribution in [1.29, 1.82) is 0 Å². The molecule has 0 saturated heterocycles. The summed E-state index contributed by atoms with van der Waals surface area (Å²) in [6, 6.07) is 0. The van der Waals surface area contributed by atoms with Crippen molar-refractivity contribution in [3.8, 4) is 0 Å². The van der Waals surface area contributed by atoms with E-state index >= 15 is 0 Å². The number of rotatable bonds is 4. The highest BCUT2D eigenvalue weighted by Gasteiger charge is 1.97. The summed E-state index contributed by atoms with van der Waals surface area (Å²) in [4.78, 5) is 23.7. The van der Waals surface area contributed by atoms with Gasteiger partial charge in [-0.3, -0.25) is 9.59 Å². The average Bonchev–Trinajstić information content (AvgIpc) is 2.19. The topological polar surface area (TPSA) is 59.1 Å². The molecule has 0 heterocycles. The van der Waals surface area contributed by atoms with Gasteiger partial charge in [-0.15, -0.1) is 0 Å². The van der Waals surface area contributed by atoms with Crippen LogP contribution in [0.4, 0.5) is 0 Å². The van der Waals surface area contributed by atoms with Crippen LogP contribution in [-0.4, -0.2) is 63.4 Å². The molecule has 0 saturated carbocycles. The molecule has 0 unspecified atom stereocenters. The van der Waals surface area contributed by atoms with Crippen LogP contribution in [0.2, 0.25) is 0 Å². The first kappa shape index (κ1) is 17.3. The summed E-state index contributed by atoms with van der Waals surface area (Å²) >= 11 is 0. The van der Waals surface area contributed by atoms with E-state index in [1.54, 1.807) is 28.3 Å². The molecule has 0 aliphatic heterocycles. The molecular formula is C10H22N2O4. The zero-order chi connectivity index (χ0) is 13.1. The van der Waals surface area contributed by atoms with E-state index in [0.29, 0.717) is 13.5 Å². The van der Waals surface area contributed by atoms with Gasteiger partial charge in [-0.2, -0.15) is 0 Å². The second-order valence-electron chi connectivity index (χ2n) is 3.27. The van der Waals surface area contributed by atoms with Crippen molar-refractivity contribution in [3.63, 3.8) is 0 Å². The van der Waals surface area contributed by atoms with Gasteiger partial charge < -0.3 is 19.3 Å². The van der Waals surface area contributed by atoms with Gasteiger partial charge in [0.2, 0.25) is 11.8 Å². The minimum Gasteiger partial charge on any atom is -0.364 e. The smallest absolute Gasteiger partial charge is 0.220 e. The number of ether oxygens (including phenoxy) is 2. The summed E-state index contributed by atoms with van der Waals surface area (Å²) in [5.74, 6) is 0.0405. The third-order valence-electron chi connectivity index (χ3n) is 1.72. The third kappa shape index (κ3) is 10.9. The fourth-order valence-corrected chi connectivity index (χ4v) is 0.569. The molecule has 6 nitrogen and oxygen atoms in total. The Morgan fingerprint density at radius 3 is 1.19 bits per heavy atom. The Kier molecular flexibility index (Phi) is 11.2. The minimum atomic E-state index is 0.0202. The second kappa shape index (κ2) is 10.4. The number of methoxy groups -OCH3 is 2. The van der Waals surface area contributed by atoms with Crippen LogP contribution < -0.4 is 0 Å². The van der Waals surface area contributed by atoms with E-state index in [1.807, 2.05) is 0 Å². The SMILES string of the molecule is COCN(C)C(C)=O.COCN(C)C(C)=O. The first-order valence-corrected chi connectivity index (χ1v) is 4.78. The Morgan fingerprint density at radius 2 is 1.12 bits per heavy atom. The summed E-state index contributed by atoms with van der Waals surface area (Å²) in [5.41, 5.74) is 0. The van der Waals surface area contributed by atoms with Crippen LogP contribution in [0, 0.1) is 0 Å². The van der Waals surface area contributed by atoms with Crippen molar-refractivity contribution in [3.05, 3.63) is 0 Å². The Labute approximate surface area is 97.1 Å². The summed E-state index contributed by atoms with van der Waals surface area (Å²) < 4.78 is 9.34. The number of hydrogen-bond acceptors (Lipinski definition) is 4. The molecule has 96 valence electrons. The lowest BCUT2D eigenvalue weighted by atomic mass is 10.6. The van der Waals surface area contributed by atoms with Crippen LogP contribution in [0.1, 0.15) is 13.8 Å². The summed E-state index contributed by atoms with van der Waals surface area (Å²) in [7, 11) is 6.48. The monoisotopic (exact) mass is 234 g/mol. The van der Waals surface area contributed by atoms with Crippen LogP contribution in [-0.2, 0) is 19.1 Å². The molecule has 0 rings (SSSR count). The summed E-state index contributed by atoms with van der Waals surface area (Å²) in [5, 5.41) is 0. The van der Waals surface area contributed by atoms with E-state index in [1.165, 1.54) is 23.6 Å². The van der Waals surface area contributed by atoms with Gasteiger partial charge in [0.25, 0.3) is 0 Å². The molecule has 16 heavy (non-hydrogen) atoms. The van der Waals surface area contributed by atoms with E-state index in [-0.39, 0.29) is 11.8 Å². The third-order valence-corrected chi connectivity index (χ3v) is 1.72. The number of hydrogen-bond donors (Lipinski definition) is 0. The number of nitrogens with zero attached hydrogens (tertiary/aromatic N) is 2. The Bertz CT molecular complexity index is 187. The van der Waals surface area contributed by atoms with E-state index in [2.05, 4.69) is 9.47 Å². The Balaban J connectivity index is 0. The minimum absolute atomic E-state index is 0.0202. The fraction of sp³-hybridized carbons (Fsp3) is 0.800. The number of carbonyl (C=O) groups is 2. The molecule has 0 aliphatic rings. The normalized spacial score (nSPS) is 8.88. The van der Waals surface area contributed by atoms with Gasteiger partial charge in [-0.25, -0.2) is 0 Å². The molecule has 0 aromatic heterocycles. The van der Waals surface area contributed by atoms with Gasteiger partial charge in [-0.05, 0) is 0 Å². The van der Waals surface area contributed by atoms with E-state index in [9.17, 15) is 9.59 Å². The molecule has 6 heteroatoms. The predicted octanol–water partition coefficient (Wildman–Crippen LogP) is 0.137. The maximum Gasteiger partial charge on any atom is 0.220 e. The highest BCUT2D eigenvalue weighted by molar-refractivity contribution is 5.72. The van der Waals surface area contributed by atoms with Gasteiger partial charge in [-0.1, -0.05) is 0 Å². The van der Waals surface area contributed by atoms with Gasteiger partial charge in [0.05, 0.1) is 0 Å². The van der Waals surface area contributed by atoms with Crippen molar-refractivity contribution in [2.45, 2.75) is 13.8 Å². The maximum absolute atomic E-state index is 10.4. The first-order chi connectivity index (χ1) is 7.36. The molecule has 0 spiro atoms. The van der Waals surface area contributed by atoms with Crippen molar-refractivity contribution in [2.75, 3.05) is 41.8 Å². The molecule has 0 aliphatic carbocycles. The van der Waals surface area contributed by atoms with Gasteiger partial charge >= 0.3 is 0 Å². The van der Waals surface area contributed by atoms with Crippen LogP contribution >= 0.6 is 0 Å². The molecule has 0 aromatic carbocycles. The largest absolute Gasteiger partial charge is 0.364 e. The van der Waals surface area contributed by atoms with Crippen molar-refractivity contribution < 1.29 is 19.1 Å². The van der Waals surface area contributed by atoms with E-state index < -0.39 is 0 Å². The summed E-state index contributed by atoms with van der Waals surface area (Å²) in [6.07, 6.45) is 0. The van der Waals surface area contributed by atoms with Crippen LogP contribution in [0.3, 0.4) is 0 Å². The molecule has 0 bridgehead atoms. The first-order valence-electron chi connectivity index (χ1n) is 4.78. The molecule has 0 atom stereocenters. The van der Waals surface area contributed by atoms with Crippen LogP contribution in [0.15, 0.2) is 0 Å². The zero-order valence-corrected chi connectivity index (χ0v) is 10.9. The highest BCUT2D eigenvalue weighted by Crippen LogP contribution is 1.81. The lowest BCUT2D eigenvalue weighted by Gasteiger charge is -2.11. The standard InChI is InChI=1S/2C5H11NO2/c2*1-5(7)6(2)4-8-3/h2*4H2,1-3H3. The lowest BCUT2D eigenvalue weighted by Crippen LogP contribution is -2.25. The number of carbonyl (C=O) groups excluding carboxylic acids is 2. The van der Waals surface area contributed by atoms with Crippen molar-refractivity contribution >= 4 is 11.8 Å². The molecule has 0 aromatic rings. The van der Waals surface area contributed by atoms with E-state index in [4.69, 9.17) is 0 Å². The summed E-state index contributed by atoms with van der Waals surface area (Å²) in [6.45, 7) is 3.74. The van der Waals surface area contributed by atoms with Gasteiger partial charge in [0, 0.05) is 42.2 Å². The predicted molar refractivity (Wildman–Crippen MR) is 60.6 cm³/mol. The van der Waals surface area contributed by atoms with Crippen LogP contribution in [0.25, 0.3) is 0 Å². The molecule has 0 fully saturated rings. The van der Waals surface area contributed by atoms with Crippen molar-refractivity contribution in [2.24, 2.45) is 0 Å². The Morgan fingerprint density at radius 1 is 0.875 bits per heavy atom. The molecular weight excluding hydrogens is 212 g/mol. The van der Waals surface area contributed by atoms with Crippen LogP contribution in [0.5, 0.6) is 0 Å². The average molecular weight is 234 g/mol. The number of amides is 2. The maximum atomic E-state index is 10.4. The van der Waals surface area contributed by atoms with Crippen molar-refractivity contribution in [1.82, 2.24) is 9.80 Å². The highest BCUT2D eigenvalue weighted by atomic mass is 16.5.